The summed E-state index contributed by atoms with van der Waals surface area (Å²) in [6, 6.07) is 6.40. The van der Waals surface area contributed by atoms with Crippen molar-refractivity contribution in [2.75, 3.05) is 11.9 Å². The summed E-state index contributed by atoms with van der Waals surface area (Å²) in [5.74, 6) is 0. The molecule has 13 heavy (non-hydrogen) atoms. The van der Waals surface area contributed by atoms with Crippen molar-refractivity contribution in [3.63, 3.8) is 0 Å². The molecule has 1 heterocycles. The topological polar surface area (TPSA) is 32.3 Å². The molecule has 0 saturated carbocycles. The molecule has 0 aromatic heterocycles. The van der Waals surface area contributed by atoms with Crippen LogP contribution in [-0.2, 0) is 6.42 Å². The van der Waals surface area contributed by atoms with Gasteiger partial charge in [0, 0.05) is 5.69 Å². The van der Waals surface area contributed by atoms with Crippen LogP contribution < -0.4 is 5.32 Å². The lowest BCUT2D eigenvalue weighted by atomic mass is 10.1. The van der Waals surface area contributed by atoms with Crippen molar-refractivity contribution in [1.82, 2.24) is 0 Å². The lowest BCUT2D eigenvalue weighted by Crippen LogP contribution is -2.19. The molecule has 0 amide bonds. The minimum Gasteiger partial charge on any atom is -0.394 e. The Hall–Kier alpha value is -1.28. The summed E-state index contributed by atoms with van der Waals surface area (Å²) < 4.78 is 0. The fraction of sp³-hybridized carbons (Fsp3) is 0.273. The van der Waals surface area contributed by atoms with E-state index in [1.165, 1.54) is 5.56 Å². The fourth-order valence-electron chi connectivity index (χ4n) is 1.68. The molecule has 0 aliphatic carbocycles. The van der Waals surface area contributed by atoms with E-state index in [4.69, 9.17) is 5.11 Å². The highest BCUT2D eigenvalue weighted by Crippen LogP contribution is 2.26. The summed E-state index contributed by atoms with van der Waals surface area (Å²) in [6.45, 7) is 3.91. The van der Waals surface area contributed by atoms with Gasteiger partial charge in [0.05, 0.1) is 12.6 Å². The molecule has 0 spiro atoms. The molecule has 2 nitrogen and oxygen atoms in total. The Morgan fingerprint density at radius 2 is 2.46 bits per heavy atom. The van der Waals surface area contributed by atoms with Crippen molar-refractivity contribution < 1.29 is 5.11 Å². The number of rotatable bonds is 2. The van der Waals surface area contributed by atoms with E-state index in [1.54, 1.807) is 0 Å². The lowest BCUT2D eigenvalue weighted by Gasteiger charge is -2.05. The second-order valence-electron chi connectivity index (χ2n) is 3.35. The number of hydrogen-bond acceptors (Lipinski definition) is 2. The van der Waals surface area contributed by atoms with Crippen molar-refractivity contribution in [3.05, 3.63) is 35.9 Å². The molecule has 1 aromatic rings. The Labute approximate surface area is 77.9 Å². The first kappa shape index (κ1) is 8.32. The average Bonchev–Trinajstić information content (AvgIpc) is 2.58. The Bertz CT molecular complexity index is 333. The first-order valence-electron chi connectivity index (χ1n) is 4.46. The summed E-state index contributed by atoms with van der Waals surface area (Å²) in [7, 11) is 0. The highest BCUT2D eigenvalue weighted by molar-refractivity contribution is 5.63. The van der Waals surface area contributed by atoms with Gasteiger partial charge in [-0.1, -0.05) is 24.8 Å². The maximum Gasteiger partial charge on any atom is 0.0636 e. The normalized spacial score (nSPS) is 19.3. The number of fused-ring (bicyclic) bond motifs is 1. The molecule has 68 valence electrons. The fourth-order valence-corrected chi connectivity index (χ4v) is 1.68. The molecule has 0 fully saturated rings. The summed E-state index contributed by atoms with van der Waals surface area (Å²) >= 11 is 0. The van der Waals surface area contributed by atoms with Crippen LogP contribution >= 0.6 is 0 Å². The van der Waals surface area contributed by atoms with E-state index in [0.717, 1.165) is 17.7 Å². The van der Waals surface area contributed by atoms with Crippen LogP contribution in [0.5, 0.6) is 0 Å². The number of aliphatic hydroxyl groups excluding tert-OH is 1. The molecule has 2 N–H and O–H groups in total. The molecule has 1 atom stereocenters. The average molecular weight is 175 g/mol. The van der Waals surface area contributed by atoms with Gasteiger partial charge in [-0.15, -0.1) is 0 Å². The van der Waals surface area contributed by atoms with Crippen LogP contribution in [0, 0.1) is 0 Å². The van der Waals surface area contributed by atoms with Crippen molar-refractivity contribution in [1.29, 1.82) is 0 Å². The molecule has 1 aliphatic rings. The quantitative estimate of drug-likeness (QED) is 0.716. The standard InChI is InChI=1S/C11H13NO/c1-2-8-3-4-9-6-10(7-13)12-11(9)5-8/h2-5,10,12-13H,1,6-7H2/t10-/m1/s1. The van der Waals surface area contributed by atoms with E-state index in [9.17, 15) is 0 Å². The molecule has 2 heteroatoms. The number of benzene rings is 1. The molecule has 0 bridgehead atoms. The van der Waals surface area contributed by atoms with Gasteiger partial charge in [0.15, 0.2) is 0 Å². The molecule has 0 saturated heterocycles. The SMILES string of the molecule is C=Cc1ccc2c(c1)N[C@@H](CO)C2. The molecule has 1 aromatic carbocycles. The van der Waals surface area contributed by atoms with Crippen LogP contribution in [0.15, 0.2) is 24.8 Å². The van der Waals surface area contributed by atoms with Gasteiger partial charge in [-0.25, -0.2) is 0 Å². The summed E-state index contributed by atoms with van der Waals surface area (Å²) in [5, 5.41) is 12.2. The molecule has 0 radical (unpaired) electrons. The van der Waals surface area contributed by atoms with Gasteiger partial charge in [-0.2, -0.15) is 0 Å². The Morgan fingerprint density at radius 1 is 1.62 bits per heavy atom. The van der Waals surface area contributed by atoms with Gasteiger partial charge < -0.3 is 10.4 Å². The van der Waals surface area contributed by atoms with Gasteiger partial charge in [0.2, 0.25) is 0 Å². The Morgan fingerprint density at radius 3 is 3.15 bits per heavy atom. The van der Waals surface area contributed by atoms with Crippen LogP contribution in [0.1, 0.15) is 11.1 Å². The van der Waals surface area contributed by atoms with Gasteiger partial charge in [-0.05, 0) is 23.6 Å². The Balaban J connectivity index is 2.30. The lowest BCUT2D eigenvalue weighted by molar-refractivity contribution is 0.277. The maximum atomic E-state index is 8.98. The van der Waals surface area contributed by atoms with Gasteiger partial charge in [0.1, 0.15) is 0 Å². The zero-order valence-electron chi connectivity index (χ0n) is 7.46. The van der Waals surface area contributed by atoms with Crippen LogP contribution in [-0.4, -0.2) is 17.8 Å². The van der Waals surface area contributed by atoms with Gasteiger partial charge >= 0.3 is 0 Å². The third-order valence-corrected chi connectivity index (χ3v) is 2.42. The second kappa shape index (κ2) is 3.23. The van der Waals surface area contributed by atoms with Crippen LogP contribution in [0.2, 0.25) is 0 Å². The van der Waals surface area contributed by atoms with Crippen LogP contribution in [0.25, 0.3) is 6.08 Å². The molecular formula is C11H13NO. The third-order valence-electron chi connectivity index (χ3n) is 2.42. The monoisotopic (exact) mass is 175 g/mol. The summed E-state index contributed by atoms with van der Waals surface area (Å²) in [6.07, 6.45) is 2.75. The van der Waals surface area contributed by atoms with E-state index >= 15 is 0 Å². The smallest absolute Gasteiger partial charge is 0.0636 e. The largest absolute Gasteiger partial charge is 0.394 e. The van der Waals surface area contributed by atoms with E-state index in [-0.39, 0.29) is 12.6 Å². The first-order valence-corrected chi connectivity index (χ1v) is 4.46. The highest BCUT2D eigenvalue weighted by Gasteiger charge is 2.18. The molecule has 2 rings (SSSR count). The number of hydrogen-bond donors (Lipinski definition) is 2. The molecule has 0 unspecified atom stereocenters. The van der Waals surface area contributed by atoms with E-state index in [0.29, 0.717) is 0 Å². The minimum absolute atomic E-state index is 0.190. The zero-order chi connectivity index (χ0) is 9.26. The van der Waals surface area contributed by atoms with Gasteiger partial charge in [-0.3, -0.25) is 0 Å². The van der Waals surface area contributed by atoms with Crippen molar-refractivity contribution in [3.8, 4) is 0 Å². The molecule has 1 aliphatic heterocycles. The highest BCUT2D eigenvalue weighted by atomic mass is 16.3. The van der Waals surface area contributed by atoms with Crippen LogP contribution in [0.4, 0.5) is 5.69 Å². The van der Waals surface area contributed by atoms with Crippen molar-refractivity contribution in [2.45, 2.75) is 12.5 Å². The predicted molar refractivity (Wildman–Crippen MR) is 54.7 cm³/mol. The minimum atomic E-state index is 0.190. The zero-order valence-corrected chi connectivity index (χ0v) is 7.46. The number of anilines is 1. The van der Waals surface area contributed by atoms with E-state index in [1.807, 2.05) is 12.1 Å². The molecular weight excluding hydrogens is 162 g/mol. The predicted octanol–water partition coefficient (Wildman–Crippen LogP) is 1.66. The maximum absolute atomic E-state index is 8.98. The van der Waals surface area contributed by atoms with Crippen molar-refractivity contribution in [2.24, 2.45) is 0 Å². The Kier molecular flexibility index (Phi) is 2.07. The summed E-state index contributed by atoms with van der Waals surface area (Å²) in [5.41, 5.74) is 3.53. The number of nitrogens with one attached hydrogen (secondary N) is 1. The van der Waals surface area contributed by atoms with Crippen molar-refractivity contribution >= 4 is 11.8 Å². The first-order chi connectivity index (χ1) is 6.33. The second-order valence-corrected chi connectivity index (χ2v) is 3.35. The third kappa shape index (κ3) is 1.45. The number of aliphatic hydroxyl groups is 1. The van der Waals surface area contributed by atoms with Crippen LogP contribution in [0.3, 0.4) is 0 Å². The summed E-state index contributed by atoms with van der Waals surface area (Å²) in [4.78, 5) is 0. The van der Waals surface area contributed by atoms with E-state index in [2.05, 4.69) is 24.0 Å². The van der Waals surface area contributed by atoms with Gasteiger partial charge in [0.25, 0.3) is 0 Å². The van der Waals surface area contributed by atoms with E-state index < -0.39 is 0 Å².